The van der Waals surface area contributed by atoms with Crippen LogP contribution in [0.4, 0.5) is 8.78 Å². The van der Waals surface area contributed by atoms with Crippen molar-refractivity contribution in [3.63, 3.8) is 0 Å². The minimum atomic E-state index is -1.14. The number of carbonyl (C=O) groups is 2. The predicted octanol–water partition coefficient (Wildman–Crippen LogP) is 3.30. The first-order valence-corrected chi connectivity index (χ1v) is 6.19. The monoisotopic (exact) mass is 288 g/mol. The first-order valence-electron chi connectivity index (χ1n) is 5.81. The zero-order chi connectivity index (χ0) is 14.2. The van der Waals surface area contributed by atoms with E-state index in [9.17, 15) is 18.4 Å². The van der Waals surface area contributed by atoms with Gasteiger partial charge in [0.25, 0.3) is 0 Å². The Morgan fingerprint density at radius 1 is 1.16 bits per heavy atom. The van der Waals surface area contributed by atoms with Crippen LogP contribution in [0.25, 0.3) is 0 Å². The maximum atomic E-state index is 13.1. The van der Waals surface area contributed by atoms with Gasteiger partial charge in [-0.2, -0.15) is 0 Å². The second kappa shape index (κ2) is 5.25. The smallest absolute Gasteiger partial charge is 0.306 e. The van der Waals surface area contributed by atoms with Crippen molar-refractivity contribution in [2.45, 2.75) is 19.3 Å². The lowest BCUT2D eigenvalue weighted by Crippen LogP contribution is -2.15. The second-order valence-corrected chi connectivity index (χ2v) is 5.06. The molecule has 1 aliphatic carbocycles. The molecule has 1 N–H and O–H groups in total. The molecule has 1 fully saturated rings. The van der Waals surface area contributed by atoms with Crippen LogP contribution < -0.4 is 0 Å². The van der Waals surface area contributed by atoms with Crippen molar-refractivity contribution in [2.24, 2.45) is 11.8 Å². The fourth-order valence-corrected chi connectivity index (χ4v) is 2.62. The fourth-order valence-electron chi connectivity index (χ4n) is 2.38. The summed E-state index contributed by atoms with van der Waals surface area (Å²) in [5, 5.41) is 8.72. The van der Waals surface area contributed by atoms with Gasteiger partial charge in [-0.3, -0.25) is 9.59 Å². The van der Waals surface area contributed by atoms with Crippen LogP contribution in [0.15, 0.2) is 12.1 Å². The molecule has 0 spiro atoms. The Balaban J connectivity index is 2.22. The second-order valence-electron chi connectivity index (χ2n) is 4.66. The number of carboxylic acid groups (broad SMARTS) is 1. The Bertz CT molecular complexity index is 545. The normalized spacial score (nSPS) is 22.5. The summed E-state index contributed by atoms with van der Waals surface area (Å²) < 4.78 is 26.1. The van der Waals surface area contributed by atoms with Crippen LogP contribution in [0.1, 0.15) is 29.6 Å². The quantitative estimate of drug-likeness (QED) is 0.686. The van der Waals surface area contributed by atoms with Crippen LogP contribution >= 0.6 is 11.6 Å². The van der Waals surface area contributed by atoms with E-state index >= 15 is 0 Å². The fraction of sp³-hybridized carbons (Fsp3) is 0.385. The molecule has 19 heavy (non-hydrogen) atoms. The summed E-state index contributed by atoms with van der Waals surface area (Å²) in [7, 11) is 0. The van der Waals surface area contributed by atoms with Gasteiger partial charge < -0.3 is 5.11 Å². The van der Waals surface area contributed by atoms with Crippen molar-refractivity contribution >= 4 is 23.4 Å². The Labute approximate surface area is 113 Å². The Hall–Kier alpha value is -1.49. The number of hydrogen-bond acceptors (Lipinski definition) is 2. The zero-order valence-electron chi connectivity index (χ0n) is 9.83. The maximum Gasteiger partial charge on any atom is 0.306 e. The first-order chi connectivity index (χ1) is 8.90. The number of benzene rings is 1. The van der Waals surface area contributed by atoms with Crippen molar-refractivity contribution in [1.29, 1.82) is 0 Å². The molecule has 0 heterocycles. The topological polar surface area (TPSA) is 54.4 Å². The molecule has 2 unspecified atom stereocenters. The van der Waals surface area contributed by atoms with E-state index in [4.69, 9.17) is 16.7 Å². The van der Waals surface area contributed by atoms with E-state index < -0.39 is 35.2 Å². The highest BCUT2D eigenvalue weighted by molar-refractivity contribution is 6.34. The molecule has 1 aromatic rings. The molecular weight excluding hydrogens is 278 g/mol. The van der Waals surface area contributed by atoms with Gasteiger partial charge in [0.2, 0.25) is 0 Å². The van der Waals surface area contributed by atoms with E-state index in [0.717, 1.165) is 12.1 Å². The Morgan fingerprint density at radius 2 is 1.74 bits per heavy atom. The van der Waals surface area contributed by atoms with Crippen LogP contribution in [0.5, 0.6) is 0 Å². The first kappa shape index (κ1) is 13.9. The van der Waals surface area contributed by atoms with Gasteiger partial charge >= 0.3 is 5.97 Å². The number of carboxylic acids is 1. The predicted molar refractivity (Wildman–Crippen MR) is 64.2 cm³/mol. The van der Waals surface area contributed by atoms with Crippen molar-refractivity contribution in [2.75, 3.05) is 0 Å². The van der Waals surface area contributed by atoms with E-state index in [2.05, 4.69) is 0 Å². The van der Waals surface area contributed by atoms with E-state index in [0.29, 0.717) is 12.8 Å². The Kier molecular flexibility index (Phi) is 3.85. The number of ketones is 1. The molecule has 0 aliphatic heterocycles. The van der Waals surface area contributed by atoms with Crippen LogP contribution in [0.2, 0.25) is 5.02 Å². The van der Waals surface area contributed by atoms with Crippen molar-refractivity contribution in [3.05, 3.63) is 34.4 Å². The van der Waals surface area contributed by atoms with E-state index in [1.807, 2.05) is 0 Å². The van der Waals surface area contributed by atoms with Gasteiger partial charge in [0, 0.05) is 11.5 Å². The number of carbonyl (C=O) groups excluding carboxylic acids is 1. The van der Waals surface area contributed by atoms with E-state index in [1.54, 1.807) is 0 Å². The number of Topliss-reactive ketones (excluding diaryl/α,β-unsaturated/α-hetero) is 1. The molecule has 0 amide bonds. The van der Waals surface area contributed by atoms with Crippen LogP contribution in [-0.4, -0.2) is 16.9 Å². The molecule has 0 bridgehead atoms. The van der Waals surface area contributed by atoms with E-state index in [1.165, 1.54) is 0 Å². The van der Waals surface area contributed by atoms with Gasteiger partial charge in [-0.15, -0.1) is 0 Å². The molecule has 0 aromatic heterocycles. The summed E-state index contributed by atoms with van der Waals surface area (Å²) in [4.78, 5) is 23.0. The van der Waals surface area contributed by atoms with Crippen molar-refractivity contribution < 1.29 is 23.5 Å². The molecule has 6 heteroatoms. The molecule has 2 atom stereocenters. The van der Waals surface area contributed by atoms with Gasteiger partial charge in [-0.25, -0.2) is 8.78 Å². The van der Waals surface area contributed by atoms with Gasteiger partial charge in [-0.05, 0) is 31.4 Å². The molecule has 1 aliphatic rings. The van der Waals surface area contributed by atoms with Crippen LogP contribution in [-0.2, 0) is 4.79 Å². The molecule has 2 rings (SSSR count). The van der Waals surface area contributed by atoms with Gasteiger partial charge in [-0.1, -0.05) is 11.6 Å². The van der Waals surface area contributed by atoms with Crippen LogP contribution in [0, 0.1) is 23.5 Å². The van der Waals surface area contributed by atoms with Gasteiger partial charge in [0.1, 0.15) is 0 Å². The molecule has 3 nitrogen and oxygen atoms in total. The largest absolute Gasteiger partial charge is 0.481 e. The minimum absolute atomic E-state index is 0.0865. The highest BCUT2D eigenvalue weighted by Gasteiger charge is 2.35. The lowest BCUT2D eigenvalue weighted by molar-refractivity contribution is -0.141. The maximum absolute atomic E-state index is 13.1. The third kappa shape index (κ3) is 2.76. The van der Waals surface area contributed by atoms with Gasteiger partial charge in [0.15, 0.2) is 17.4 Å². The lowest BCUT2D eigenvalue weighted by atomic mass is 9.95. The van der Waals surface area contributed by atoms with Crippen molar-refractivity contribution in [1.82, 2.24) is 0 Å². The zero-order valence-corrected chi connectivity index (χ0v) is 10.6. The summed E-state index contributed by atoms with van der Waals surface area (Å²) in [6.07, 6.45) is 1.04. The summed E-state index contributed by atoms with van der Waals surface area (Å²) in [5.74, 6) is -4.67. The van der Waals surface area contributed by atoms with Crippen molar-refractivity contribution in [3.8, 4) is 0 Å². The third-order valence-corrected chi connectivity index (χ3v) is 3.74. The molecule has 0 saturated heterocycles. The minimum Gasteiger partial charge on any atom is -0.481 e. The molecule has 1 saturated carbocycles. The molecule has 102 valence electrons. The van der Waals surface area contributed by atoms with Gasteiger partial charge in [0.05, 0.1) is 10.9 Å². The lowest BCUT2D eigenvalue weighted by Gasteiger charge is -2.10. The molecular formula is C13H11ClF2O3. The SMILES string of the molecule is O=C(O)C1CCC(C(=O)c2cc(F)c(F)cc2Cl)C1. The Morgan fingerprint density at radius 3 is 2.32 bits per heavy atom. The number of hydrogen-bond donors (Lipinski definition) is 1. The number of aliphatic carboxylic acids is 1. The summed E-state index contributed by atoms with van der Waals surface area (Å²) in [6, 6.07) is 1.53. The average Bonchev–Trinajstić information content (AvgIpc) is 2.82. The molecule has 1 aromatic carbocycles. The highest BCUT2D eigenvalue weighted by atomic mass is 35.5. The number of halogens is 3. The average molecular weight is 289 g/mol. The standard InChI is InChI=1S/C13H11ClF2O3/c14-9-5-11(16)10(15)4-8(9)12(17)6-1-2-7(3-6)13(18)19/h4-7H,1-3H2,(H,18,19). The third-order valence-electron chi connectivity index (χ3n) is 3.43. The molecule has 0 radical (unpaired) electrons. The van der Waals surface area contributed by atoms with E-state index in [-0.39, 0.29) is 17.0 Å². The van der Waals surface area contributed by atoms with Crippen LogP contribution in [0.3, 0.4) is 0 Å². The summed E-state index contributed by atoms with van der Waals surface area (Å²) in [5.41, 5.74) is -0.0865. The number of rotatable bonds is 3. The highest BCUT2D eigenvalue weighted by Crippen LogP contribution is 2.35. The summed E-state index contributed by atoms with van der Waals surface area (Å²) >= 11 is 5.73. The summed E-state index contributed by atoms with van der Waals surface area (Å²) in [6.45, 7) is 0.